The molecule has 16 heavy (non-hydrogen) atoms. The first kappa shape index (κ1) is 11.3. The van der Waals surface area contributed by atoms with Crippen LogP contribution in [0.1, 0.15) is 59.3 Å². The van der Waals surface area contributed by atoms with Gasteiger partial charge < -0.3 is 0 Å². The zero-order chi connectivity index (χ0) is 11.4. The van der Waals surface area contributed by atoms with Crippen molar-refractivity contribution in [2.24, 2.45) is 23.2 Å². The van der Waals surface area contributed by atoms with Crippen LogP contribution in [0.25, 0.3) is 0 Å². The van der Waals surface area contributed by atoms with Crippen LogP contribution in [-0.2, 0) is 0 Å². The van der Waals surface area contributed by atoms with E-state index >= 15 is 0 Å². The molecule has 90 valence electrons. The van der Waals surface area contributed by atoms with Crippen molar-refractivity contribution in [3.63, 3.8) is 0 Å². The minimum absolute atomic E-state index is 0.408. The van der Waals surface area contributed by atoms with E-state index < -0.39 is 0 Å². The van der Waals surface area contributed by atoms with Gasteiger partial charge in [0.25, 0.3) is 0 Å². The summed E-state index contributed by atoms with van der Waals surface area (Å²) in [5, 5.41) is 0.724. The predicted molar refractivity (Wildman–Crippen MR) is 73.3 cm³/mol. The molecule has 0 aliphatic heterocycles. The molecular formula is C15H25P. The smallest absolute Gasteiger partial charge is 0.0127 e. The van der Waals surface area contributed by atoms with Gasteiger partial charge in [-0.2, -0.15) is 0 Å². The molecule has 4 saturated carbocycles. The summed E-state index contributed by atoms with van der Waals surface area (Å²) in [6.07, 6.45) is 9.37. The highest BCUT2D eigenvalue weighted by atomic mass is 31.1. The minimum atomic E-state index is 0.408. The Balaban J connectivity index is 1.81. The van der Waals surface area contributed by atoms with Crippen LogP contribution < -0.4 is 0 Å². The van der Waals surface area contributed by atoms with Gasteiger partial charge in [0.2, 0.25) is 0 Å². The predicted octanol–water partition coefficient (Wildman–Crippen LogP) is 4.75. The molecule has 0 N–H and O–H groups in total. The molecule has 0 radical (unpaired) electrons. The largest absolute Gasteiger partial charge is 0.101 e. The van der Waals surface area contributed by atoms with Crippen LogP contribution in [0.2, 0.25) is 0 Å². The van der Waals surface area contributed by atoms with Gasteiger partial charge in [0.1, 0.15) is 0 Å². The van der Waals surface area contributed by atoms with Crippen LogP contribution in [0.3, 0.4) is 0 Å². The van der Waals surface area contributed by atoms with Gasteiger partial charge in [-0.1, -0.05) is 26.6 Å². The average molecular weight is 236 g/mol. The van der Waals surface area contributed by atoms with E-state index in [1.54, 1.807) is 46.7 Å². The van der Waals surface area contributed by atoms with Crippen molar-refractivity contribution in [2.75, 3.05) is 0 Å². The molecule has 0 aromatic heterocycles. The minimum Gasteiger partial charge on any atom is -0.101 e. The van der Waals surface area contributed by atoms with Gasteiger partial charge in [-0.3, -0.25) is 0 Å². The summed E-state index contributed by atoms with van der Waals surface area (Å²) in [5.74, 6) is 5.89. The maximum absolute atomic E-state index is 2.58. The Morgan fingerprint density at radius 2 is 1.38 bits per heavy atom. The van der Waals surface area contributed by atoms with Gasteiger partial charge in [-0.15, -0.1) is 8.20 Å². The van der Waals surface area contributed by atoms with Crippen LogP contribution in [0.4, 0.5) is 0 Å². The molecule has 0 heterocycles. The summed E-state index contributed by atoms with van der Waals surface area (Å²) < 4.78 is 0. The normalized spacial score (nSPS) is 46.8. The molecule has 0 spiro atoms. The Kier molecular flexibility index (Phi) is 2.52. The van der Waals surface area contributed by atoms with E-state index in [1.807, 2.05) is 0 Å². The molecule has 0 nitrogen and oxygen atoms in total. The molecule has 0 unspecified atom stereocenters. The van der Waals surface area contributed by atoms with E-state index in [0.29, 0.717) is 5.41 Å². The second-order valence-corrected chi connectivity index (χ2v) is 9.23. The summed E-state index contributed by atoms with van der Waals surface area (Å²) in [6.45, 7) is 7.04. The van der Waals surface area contributed by atoms with Crippen LogP contribution in [0.5, 0.6) is 0 Å². The van der Waals surface area contributed by atoms with Crippen LogP contribution in [0, 0.1) is 23.2 Å². The van der Waals surface area contributed by atoms with Crippen molar-refractivity contribution in [1.29, 1.82) is 0 Å². The molecule has 0 aromatic carbocycles. The summed E-state index contributed by atoms with van der Waals surface area (Å²) in [5.41, 5.74) is 0.408. The lowest BCUT2D eigenvalue weighted by atomic mass is 9.56. The highest BCUT2D eigenvalue weighted by molar-refractivity contribution is 7.40. The Morgan fingerprint density at radius 1 is 0.938 bits per heavy atom. The van der Waals surface area contributed by atoms with E-state index in [-0.39, 0.29) is 0 Å². The molecule has 0 saturated heterocycles. The third-order valence-corrected chi connectivity index (χ3v) is 6.73. The zero-order valence-corrected chi connectivity index (χ0v) is 11.9. The van der Waals surface area contributed by atoms with Crippen LogP contribution >= 0.6 is 8.20 Å². The Morgan fingerprint density at radius 3 is 1.75 bits per heavy atom. The number of hydrogen-bond acceptors (Lipinski definition) is 0. The Bertz CT molecular complexity index is 273. The number of hydrogen-bond donors (Lipinski definition) is 0. The van der Waals surface area contributed by atoms with E-state index in [9.17, 15) is 0 Å². The van der Waals surface area contributed by atoms with E-state index in [2.05, 4.69) is 26.6 Å². The summed E-state index contributed by atoms with van der Waals surface area (Å²) in [4.78, 5) is 0. The fourth-order valence-corrected chi connectivity index (χ4v) is 6.31. The molecule has 4 bridgehead atoms. The van der Waals surface area contributed by atoms with Crippen LogP contribution in [-0.4, -0.2) is 11.0 Å². The summed E-state index contributed by atoms with van der Waals surface area (Å²) in [6, 6.07) is 0. The van der Waals surface area contributed by atoms with E-state index in [1.165, 1.54) is 0 Å². The summed E-state index contributed by atoms with van der Waals surface area (Å²) in [7, 11) is 1.67. The lowest BCUT2D eigenvalue weighted by molar-refractivity contribution is 0.0376. The van der Waals surface area contributed by atoms with E-state index in [4.69, 9.17) is 0 Å². The number of rotatable bonds is 1. The van der Waals surface area contributed by atoms with Gasteiger partial charge in [0, 0.05) is 5.16 Å². The van der Waals surface area contributed by atoms with Crippen molar-refractivity contribution in [3.8, 4) is 0 Å². The highest BCUT2D eigenvalue weighted by Gasteiger charge is 2.50. The average Bonchev–Trinajstić information content (AvgIpc) is 2.11. The topological polar surface area (TPSA) is 0 Å². The quantitative estimate of drug-likeness (QED) is 0.576. The standard InChI is InChI=1S/C15H25P/c1-14(2,3)10-16-15-7-11-4-12(8-15)6-13(5-11)9-15/h10-13H,4-9H2,1-3H3. The molecule has 4 aliphatic carbocycles. The fraction of sp³-hybridized carbons (Fsp3) is 0.933. The van der Waals surface area contributed by atoms with Gasteiger partial charge in [-0.25, -0.2) is 0 Å². The van der Waals surface area contributed by atoms with Crippen molar-refractivity contribution in [2.45, 2.75) is 64.5 Å². The zero-order valence-electron chi connectivity index (χ0n) is 11.0. The first-order valence-corrected chi connectivity index (χ1v) is 7.97. The molecule has 4 rings (SSSR count). The Labute approximate surface area is 102 Å². The second-order valence-electron chi connectivity index (χ2n) is 7.77. The molecular weight excluding hydrogens is 211 g/mol. The maximum atomic E-state index is 2.58. The van der Waals surface area contributed by atoms with Crippen molar-refractivity contribution in [1.82, 2.24) is 0 Å². The Hall–Kier alpha value is 0.170. The third kappa shape index (κ3) is 2.10. The van der Waals surface area contributed by atoms with Crippen LogP contribution in [0.15, 0.2) is 0 Å². The molecule has 1 heteroatoms. The van der Waals surface area contributed by atoms with Gasteiger partial charge in [-0.05, 0) is 61.7 Å². The molecule has 0 amide bonds. The second kappa shape index (κ2) is 3.58. The summed E-state index contributed by atoms with van der Waals surface area (Å²) >= 11 is 0. The molecule has 0 atom stereocenters. The lowest BCUT2D eigenvalue weighted by Gasteiger charge is -2.55. The first-order valence-electron chi connectivity index (χ1n) is 7.01. The van der Waals surface area contributed by atoms with Crippen molar-refractivity contribution in [3.05, 3.63) is 0 Å². The molecule has 0 aromatic rings. The lowest BCUT2D eigenvalue weighted by Crippen LogP contribution is -2.47. The first-order chi connectivity index (χ1) is 7.44. The van der Waals surface area contributed by atoms with Gasteiger partial charge in [0.05, 0.1) is 0 Å². The van der Waals surface area contributed by atoms with Crippen molar-refractivity contribution < 1.29 is 0 Å². The molecule has 4 fully saturated rings. The molecule has 4 aliphatic rings. The highest BCUT2D eigenvalue weighted by Crippen LogP contribution is 2.60. The fourth-order valence-electron chi connectivity index (χ4n) is 4.55. The van der Waals surface area contributed by atoms with E-state index in [0.717, 1.165) is 22.9 Å². The maximum Gasteiger partial charge on any atom is 0.0127 e. The van der Waals surface area contributed by atoms with Gasteiger partial charge in [0.15, 0.2) is 0 Å². The third-order valence-electron chi connectivity index (χ3n) is 4.73. The van der Waals surface area contributed by atoms with Gasteiger partial charge >= 0.3 is 0 Å². The monoisotopic (exact) mass is 236 g/mol. The van der Waals surface area contributed by atoms with Crippen molar-refractivity contribution >= 4 is 14.0 Å². The SMILES string of the molecule is CC(C)(C)C=PC12CC3CC(CC(C3)C1)C2.